The van der Waals surface area contributed by atoms with Crippen molar-refractivity contribution in [3.8, 4) is 0 Å². The topological polar surface area (TPSA) is 58.4 Å². The van der Waals surface area contributed by atoms with E-state index < -0.39 is 0 Å². The molecule has 0 aromatic rings. The van der Waals surface area contributed by atoms with Gasteiger partial charge in [0, 0.05) is 18.5 Å². The predicted octanol–water partition coefficient (Wildman–Crippen LogP) is 1.89. The monoisotopic (exact) mass is 281 g/mol. The molecule has 2 aliphatic rings. The molecule has 1 aliphatic carbocycles. The molecule has 3 N–H and O–H groups in total. The fourth-order valence-electron chi connectivity index (χ4n) is 3.46. The van der Waals surface area contributed by atoms with Crippen LogP contribution < -0.4 is 11.1 Å². The number of amides is 1. The van der Waals surface area contributed by atoms with Gasteiger partial charge in [0.2, 0.25) is 5.91 Å². The highest BCUT2D eigenvalue weighted by Gasteiger charge is 2.32. The van der Waals surface area contributed by atoms with E-state index in [4.69, 9.17) is 5.73 Å². The van der Waals surface area contributed by atoms with Gasteiger partial charge in [0.25, 0.3) is 0 Å². The average Bonchev–Trinajstić information content (AvgIpc) is 2.41. The number of carbonyl (C=O) groups excluding carboxylic acids is 1. The van der Waals surface area contributed by atoms with Gasteiger partial charge >= 0.3 is 0 Å². The van der Waals surface area contributed by atoms with E-state index >= 15 is 0 Å². The van der Waals surface area contributed by atoms with Gasteiger partial charge in [-0.2, -0.15) is 0 Å². The summed E-state index contributed by atoms with van der Waals surface area (Å²) in [6.45, 7) is 5.36. The SMILES string of the molecule is CN1CCC(C)(CNC(=O)CC2(N)CCCCC2)CC1. The van der Waals surface area contributed by atoms with Gasteiger partial charge in [0.1, 0.15) is 0 Å². The average molecular weight is 281 g/mol. The Balaban J connectivity index is 1.74. The summed E-state index contributed by atoms with van der Waals surface area (Å²) in [7, 11) is 2.17. The minimum Gasteiger partial charge on any atom is -0.355 e. The Morgan fingerprint density at radius 3 is 2.35 bits per heavy atom. The maximum Gasteiger partial charge on any atom is 0.221 e. The molecule has 0 bridgehead atoms. The van der Waals surface area contributed by atoms with E-state index in [-0.39, 0.29) is 16.9 Å². The fraction of sp³-hybridized carbons (Fsp3) is 0.938. The molecule has 1 heterocycles. The number of carbonyl (C=O) groups is 1. The molecule has 0 atom stereocenters. The molecular formula is C16H31N3O. The molecule has 1 saturated carbocycles. The number of nitrogens with two attached hydrogens (primary N) is 1. The first-order valence-corrected chi connectivity index (χ1v) is 8.15. The van der Waals surface area contributed by atoms with Crippen molar-refractivity contribution < 1.29 is 4.79 Å². The lowest BCUT2D eigenvalue weighted by Crippen LogP contribution is -2.48. The van der Waals surface area contributed by atoms with Gasteiger partial charge in [-0.15, -0.1) is 0 Å². The number of hydrogen-bond donors (Lipinski definition) is 2. The third-order valence-electron chi connectivity index (χ3n) is 5.27. The summed E-state index contributed by atoms with van der Waals surface area (Å²) in [5.74, 6) is 0.148. The zero-order valence-corrected chi connectivity index (χ0v) is 13.2. The molecule has 0 radical (unpaired) electrons. The molecule has 2 rings (SSSR count). The summed E-state index contributed by atoms with van der Waals surface area (Å²) in [6, 6.07) is 0. The second kappa shape index (κ2) is 6.44. The summed E-state index contributed by atoms with van der Waals surface area (Å²) in [6.07, 6.45) is 8.46. The summed E-state index contributed by atoms with van der Waals surface area (Å²) < 4.78 is 0. The highest BCUT2D eigenvalue weighted by molar-refractivity contribution is 5.77. The van der Waals surface area contributed by atoms with Gasteiger partial charge in [-0.3, -0.25) is 4.79 Å². The third kappa shape index (κ3) is 4.45. The summed E-state index contributed by atoms with van der Waals surface area (Å²) in [5, 5.41) is 3.14. The van der Waals surface area contributed by atoms with Gasteiger partial charge in [0.05, 0.1) is 0 Å². The summed E-state index contributed by atoms with van der Waals surface area (Å²) in [4.78, 5) is 14.5. The van der Waals surface area contributed by atoms with E-state index in [0.717, 1.165) is 45.3 Å². The van der Waals surface area contributed by atoms with Gasteiger partial charge in [-0.1, -0.05) is 26.2 Å². The van der Waals surface area contributed by atoms with E-state index in [1.807, 2.05) is 0 Å². The zero-order valence-electron chi connectivity index (χ0n) is 13.2. The lowest BCUT2D eigenvalue weighted by Gasteiger charge is -2.38. The lowest BCUT2D eigenvalue weighted by atomic mass is 9.79. The van der Waals surface area contributed by atoms with Crippen LogP contribution >= 0.6 is 0 Å². The Kier molecular flexibility index (Phi) is 5.08. The van der Waals surface area contributed by atoms with Crippen LogP contribution in [-0.4, -0.2) is 43.0 Å². The molecule has 4 heteroatoms. The minimum atomic E-state index is -0.240. The predicted molar refractivity (Wildman–Crippen MR) is 82.5 cm³/mol. The molecule has 1 aliphatic heterocycles. The number of hydrogen-bond acceptors (Lipinski definition) is 3. The van der Waals surface area contributed by atoms with Crippen LogP contribution in [0.2, 0.25) is 0 Å². The minimum absolute atomic E-state index is 0.148. The Morgan fingerprint density at radius 1 is 1.15 bits per heavy atom. The van der Waals surface area contributed by atoms with Crippen molar-refractivity contribution in [2.45, 2.75) is 63.8 Å². The summed E-state index contributed by atoms with van der Waals surface area (Å²) in [5.41, 5.74) is 6.37. The highest BCUT2D eigenvalue weighted by Crippen LogP contribution is 2.30. The standard InChI is InChI=1S/C16H31N3O/c1-15(8-10-19(2)11-9-15)13-18-14(20)12-16(17)6-4-3-5-7-16/h3-13,17H2,1-2H3,(H,18,20). The van der Waals surface area contributed by atoms with Crippen molar-refractivity contribution in [2.24, 2.45) is 11.1 Å². The number of likely N-dealkylation sites (tertiary alicyclic amines) is 1. The van der Waals surface area contributed by atoms with E-state index in [0.29, 0.717) is 6.42 Å². The second-order valence-electron chi connectivity index (χ2n) is 7.49. The number of piperidine rings is 1. The van der Waals surface area contributed by atoms with Gasteiger partial charge < -0.3 is 16.0 Å². The Labute approximate surface area is 123 Å². The molecule has 1 amide bonds. The maximum atomic E-state index is 12.2. The van der Waals surface area contributed by atoms with Crippen LogP contribution in [0.3, 0.4) is 0 Å². The molecule has 0 unspecified atom stereocenters. The number of rotatable bonds is 4. The second-order valence-corrected chi connectivity index (χ2v) is 7.49. The van der Waals surface area contributed by atoms with Crippen LogP contribution in [0.25, 0.3) is 0 Å². The largest absolute Gasteiger partial charge is 0.355 e. The van der Waals surface area contributed by atoms with Crippen molar-refractivity contribution in [2.75, 3.05) is 26.7 Å². The molecule has 116 valence electrons. The first-order chi connectivity index (χ1) is 9.41. The van der Waals surface area contributed by atoms with Crippen LogP contribution in [0.4, 0.5) is 0 Å². The van der Waals surface area contributed by atoms with Crippen molar-refractivity contribution in [3.63, 3.8) is 0 Å². The van der Waals surface area contributed by atoms with Crippen LogP contribution in [0.5, 0.6) is 0 Å². The van der Waals surface area contributed by atoms with Gasteiger partial charge in [-0.05, 0) is 51.2 Å². The molecule has 2 fully saturated rings. The number of nitrogens with one attached hydrogen (secondary N) is 1. The van der Waals surface area contributed by atoms with Crippen molar-refractivity contribution in [1.82, 2.24) is 10.2 Å². The Hall–Kier alpha value is -0.610. The van der Waals surface area contributed by atoms with Gasteiger partial charge in [0.15, 0.2) is 0 Å². The Morgan fingerprint density at radius 2 is 1.75 bits per heavy atom. The van der Waals surface area contributed by atoms with Gasteiger partial charge in [-0.25, -0.2) is 0 Å². The smallest absolute Gasteiger partial charge is 0.221 e. The van der Waals surface area contributed by atoms with E-state index in [1.165, 1.54) is 19.3 Å². The van der Waals surface area contributed by atoms with Crippen LogP contribution in [0.15, 0.2) is 0 Å². The molecule has 0 aromatic heterocycles. The maximum absolute atomic E-state index is 12.2. The van der Waals surface area contributed by atoms with E-state index in [2.05, 4.69) is 24.2 Å². The molecule has 0 aromatic carbocycles. The molecule has 0 spiro atoms. The van der Waals surface area contributed by atoms with Crippen LogP contribution in [0.1, 0.15) is 58.3 Å². The van der Waals surface area contributed by atoms with E-state index in [1.54, 1.807) is 0 Å². The fourth-order valence-corrected chi connectivity index (χ4v) is 3.46. The van der Waals surface area contributed by atoms with E-state index in [9.17, 15) is 4.79 Å². The number of nitrogens with zero attached hydrogens (tertiary/aromatic N) is 1. The first kappa shape index (κ1) is 15.8. The molecule has 1 saturated heterocycles. The van der Waals surface area contributed by atoms with Crippen molar-refractivity contribution in [3.05, 3.63) is 0 Å². The summed E-state index contributed by atoms with van der Waals surface area (Å²) >= 11 is 0. The van der Waals surface area contributed by atoms with Crippen molar-refractivity contribution in [1.29, 1.82) is 0 Å². The zero-order chi connectivity index (χ0) is 14.6. The molecular weight excluding hydrogens is 250 g/mol. The first-order valence-electron chi connectivity index (χ1n) is 8.15. The Bertz CT molecular complexity index is 329. The quantitative estimate of drug-likeness (QED) is 0.827. The lowest BCUT2D eigenvalue weighted by molar-refractivity contribution is -0.123. The van der Waals surface area contributed by atoms with Crippen LogP contribution in [0, 0.1) is 5.41 Å². The van der Waals surface area contributed by atoms with Crippen LogP contribution in [-0.2, 0) is 4.79 Å². The van der Waals surface area contributed by atoms with Crippen molar-refractivity contribution >= 4 is 5.91 Å². The highest BCUT2D eigenvalue weighted by atomic mass is 16.1. The normalized spacial score (nSPS) is 26.1. The third-order valence-corrected chi connectivity index (χ3v) is 5.27. The molecule has 20 heavy (non-hydrogen) atoms. The molecule has 4 nitrogen and oxygen atoms in total.